The van der Waals surface area contributed by atoms with E-state index in [0.29, 0.717) is 5.95 Å². The molecule has 2 N–H and O–H groups in total. The molecule has 21 heavy (non-hydrogen) atoms. The SMILES string of the molecule is Cc1ccc(CN(C)c2nc(N)nc3ccccc23)cc1. The molecule has 0 aliphatic carbocycles. The highest BCUT2D eigenvalue weighted by molar-refractivity contribution is 5.90. The molecule has 4 heteroatoms. The van der Waals surface area contributed by atoms with Crippen molar-refractivity contribution in [2.75, 3.05) is 17.7 Å². The van der Waals surface area contributed by atoms with Crippen molar-refractivity contribution in [1.82, 2.24) is 9.97 Å². The number of aromatic nitrogens is 2. The maximum atomic E-state index is 5.83. The molecule has 0 unspecified atom stereocenters. The molecule has 0 radical (unpaired) electrons. The van der Waals surface area contributed by atoms with E-state index >= 15 is 0 Å². The fraction of sp³-hybridized carbons (Fsp3) is 0.176. The number of benzene rings is 2. The highest BCUT2D eigenvalue weighted by Crippen LogP contribution is 2.24. The van der Waals surface area contributed by atoms with E-state index in [1.165, 1.54) is 11.1 Å². The normalized spacial score (nSPS) is 10.8. The monoisotopic (exact) mass is 278 g/mol. The quantitative estimate of drug-likeness (QED) is 0.799. The van der Waals surface area contributed by atoms with Crippen LogP contribution < -0.4 is 10.6 Å². The van der Waals surface area contributed by atoms with Gasteiger partial charge >= 0.3 is 0 Å². The van der Waals surface area contributed by atoms with Crippen molar-refractivity contribution in [3.63, 3.8) is 0 Å². The maximum Gasteiger partial charge on any atom is 0.222 e. The zero-order valence-electron chi connectivity index (χ0n) is 12.2. The summed E-state index contributed by atoms with van der Waals surface area (Å²) in [7, 11) is 2.02. The lowest BCUT2D eigenvalue weighted by atomic mass is 10.1. The van der Waals surface area contributed by atoms with Gasteiger partial charge in [0.05, 0.1) is 5.52 Å². The third kappa shape index (κ3) is 2.79. The third-order valence-corrected chi connectivity index (χ3v) is 3.50. The van der Waals surface area contributed by atoms with Crippen LogP contribution in [0.1, 0.15) is 11.1 Å². The zero-order chi connectivity index (χ0) is 14.8. The Morgan fingerprint density at radius 2 is 1.71 bits per heavy atom. The van der Waals surface area contributed by atoms with Crippen LogP contribution in [-0.4, -0.2) is 17.0 Å². The van der Waals surface area contributed by atoms with Crippen LogP contribution in [0.2, 0.25) is 0 Å². The molecule has 4 nitrogen and oxygen atoms in total. The van der Waals surface area contributed by atoms with Gasteiger partial charge in [-0.2, -0.15) is 4.98 Å². The molecule has 1 heterocycles. The number of anilines is 2. The first-order valence-electron chi connectivity index (χ1n) is 6.92. The van der Waals surface area contributed by atoms with E-state index in [4.69, 9.17) is 5.73 Å². The summed E-state index contributed by atoms with van der Waals surface area (Å²) in [6, 6.07) is 16.4. The number of hydrogen-bond acceptors (Lipinski definition) is 4. The number of fused-ring (bicyclic) bond motifs is 1. The van der Waals surface area contributed by atoms with Crippen LogP contribution in [0.5, 0.6) is 0 Å². The van der Waals surface area contributed by atoms with Crippen LogP contribution in [0.4, 0.5) is 11.8 Å². The molecule has 1 aromatic heterocycles. The fourth-order valence-corrected chi connectivity index (χ4v) is 2.41. The molecule has 0 spiro atoms. The van der Waals surface area contributed by atoms with Gasteiger partial charge in [-0.15, -0.1) is 0 Å². The maximum absolute atomic E-state index is 5.83. The highest BCUT2D eigenvalue weighted by atomic mass is 15.2. The minimum Gasteiger partial charge on any atom is -0.368 e. The molecule has 3 rings (SSSR count). The molecule has 0 aliphatic rings. The van der Waals surface area contributed by atoms with Gasteiger partial charge in [0.2, 0.25) is 5.95 Å². The van der Waals surface area contributed by atoms with E-state index in [9.17, 15) is 0 Å². The lowest BCUT2D eigenvalue weighted by molar-refractivity contribution is 0.902. The van der Waals surface area contributed by atoms with Gasteiger partial charge in [0, 0.05) is 19.0 Å². The molecule has 0 saturated carbocycles. The first-order valence-corrected chi connectivity index (χ1v) is 6.92. The first kappa shape index (κ1) is 13.4. The molecule has 106 valence electrons. The summed E-state index contributed by atoms with van der Waals surface area (Å²) < 4.78 is 0. The second kappa shape index (κ2) is 5.40. The Labute approximate surface area is 124 Å². The average molecular weight is 278 g/mol. The van der Waals surface area contributed by atoms with E-state index < -0.39 is 0 Å². The number of hydrogen-bond donors (Lipinski definition) is 1. The third-order valence-electron chi connectivity index (χ3n) is 3.50. The first-order chi connectivity index (χ1) is 10.1. The van der Waals surface area contributed by atoms with E-state index in [0.717, 1.165) is 23.3 Å². The number of nitrogens with two attached hydrogens (primary N) is 1. The molecule has 3 aromatic rings. The Hall–Kier alpha value is -2.62. The predicted octanol–water partition coefficient (Wildman–Crippen LogP) is 3.16. The van der Waals surface area contributed by atoms with E-state index in [2.05, 4.69) is 46.1 Å². The van der Waals surface area contributed by atoms with Crippen LogP contribution in [0.25, 0.3) is 10.9 Å². The molecular formula is C17H18N4. The van der Waals surface area contributed by atoms with Crippen molar-refractivity contribution in [2.24, 2.45) is 0 Å². The van der Waals surface area contributed by atoms with Gasteiger partial charge in [-0.3, -0.25) is 0 Å². The number of nitrogen functional groups attached to an aromatic ring is 1. The van der Waals surface area contributed by atoms with Gasteiger partial charge in [-0.25, -0.2) is 4.98 Å². The van der Waals surface area contributed by atoms with E-state index in [-0.39, 0.29) is 0 Å². The molecule has 0 atom stereocenters. The van der Waals surface area contributed by atoms with Gasteiger partial charge in [-0.05, 0) is 24.6 Å². The van der Waals surface area contributed by atoms with Crippen molar-refractivity contribution in [3.8, 4) is 0 Å². The Morgan fingerprint density at radius 1 is 1.00 bits per heavy atom. The second-order valence-electron chi connectivity index (χ2n) is 5.26. The van der Waals surface area contributed by atoms with Gasteiger partial charge in [0.1, 0.15) is 5.82 Å². The minimum absolute atomic E-state index is 0.305. The van der Waals surface area contributed by atoms with Crippen LogP contribution in [0.3, 0.4) is 0 Å². The van der Waals surface area contributed by atoms with Crippen molar-refractivity contribution in [2.45, 2.75) is 13.5 Å². The Balaban J connectivity index is 1.97. The standard InChI is InChI=1S/C17H18N4/c1-12-7-9-13(10-8-12)11-21(2)16-14-5-3-4-6-15(14)19-17(18)20-16/h3-10H,11H2,1-2H3,(H2,18,19,20). The van der Waals surface area contributed by atoms with Crippen molar-refractivity contribution in [1.29, 1.82) is 0 Å². The van der Waals surface area contributed by atoms with E-state index in [1.807, 2.05) is 31.3 Å². The number of nitrogens with zero attached hydrogens (tertiary/aromatic N) is 3. The van der Waals surface area contributed by atoms with Gasteiger partial charge in [-0.1, -0.05) is 42.0 Å². The minimum atomic E-state index is 0.305. The smallest absolute Gasteiger partial charge is 0.222 e. The number of aryl methyl sites for hydroxylation is 1. The summed E-state index contributed by atoms with van der Waals surface area (Å²) in [6.45, 7) is 2.87. The van der Waals surface area contributed by atoms with Gasteiger partial charge in [0.15, 0.2) is 0 Å². The van der Waals surface area contributed by atoms with E-state index in [1.54, 1.807) is 0 Å². The van der Waals surface area contributed by atoms with Crippen LogP contribution in [0, 0.1) is 6.92 Å². The second-order valence-corrected chi connectivity index (χ2v) is 5.26. The molecule has 0 aliphatic heterocycles. The van der Waals surface area contributed by atoms with Gasteiger partial charge in [0.25, 0.3) is 0 Å². The Bertz CT molecular complexity index is 765. The van der Waals surface area contributed by atoms with Crippen molar-refractivity contribution < 1.29 is 0 Å². The molecule has 0 fully saturated rings. The lowest BCUT2D eigenvalue weighted by Gasteiger charge is -2.20. The Morgan fingerprint density at radius 3 is 2.48 bits per heavy atom. The summed E-state index contributed by atoms with van der Waals surface area (Å²) in [5.74, 6) is 1.16. The molecular weight excluding hydrogens is 260 g/mol. The molecule has 0 bridgehead atoms. The number of para-hydroxylation sites is 1. The zero-order valence-corrected chi connectivity index (χ0v) is 12.2. The van der Waals surface area contributed by atoms with Crippen molar-refractivity contribution >= 4 is 22.7 Å². The van der Waals surface area contributed by atoms with Crippen molar-refractivity contribution in [3.05, 3.63) is 59.7 Å². The molecule has 2 aromatic carbocycles. The Kier molecular flexibility index (Phi) is 3.44. The largest absolute Gasteiger partial charge is 0.368 e. The van der Waals surface area contributed by atoms with Crippen LogP contribution in [0.15, 0.2) is 48.5 Å². The summed E-state index contributed by atoms with van der Waals surface area (Å²) in [6.07, 6.45) is 0. The van der Waals surface area contributed by atoms with Crippen LogP contribution >= 0.6 is 0 Å². The molecule has 0 amide bonds. The fourth-order valence-electron chi connectivity index (χ4n) is 2.41. The summed E-state index contributed by atoms with van der Waals surface area (Å²) in [5.41, 5.74) is 9.20. The topological polar surface area (TPSA) is 55.0 Å². The lowest BCUT2D eigenvalue weighted by Crippen LogP contribution is -2.19. The number of rotatable bonds is 3. The molecule has 0 saturated heterocycles. The average Bonchev–Trinajstić information content (AvgIpc) is 2.48. The highest BCUT2D eigenvalue weighted by Gasteiger charge is 2.10. The summed E-state index contributed by atoms with van der Waals surface area (Å²) in [5, 5.41) is 1.02. The van der Waals surface area contributed by atoms with Gasteiger partial charge < -0.3 is 10.6 Å². The summed E-state index contributed by atoms with van der Waals surface area (Å²) in [4.78, 5) is 10.8. The predicted molar refractivity (Wildman–Crippen MR) is 87.2 cm³/mol. The van der Waals surface area contributed by atoms with Crippen LogP contribution in [-0.2, 0) is 6.54 Å². The summed E-state index contributed by atoms with van der Waals surface area (Å²) >= 11 is 0.